The molecule has 1 aliphatic rings. The van der Waals surface area contributed by atoms with Gasteiger partial charge in [-0.1, -0.05) is 12.1 Å². The molecule has 0 aromatic heterocycles. The molecule has 2 rings (SSSR count). The third-order valence-electron chi connectivity index (χ3n) is 3.16. The first-order chi connectivity index (χ1) is 8.22. The summed E-state index contributed by atoms with van der Waals surface area (Å²) in [6.07, 6.45) is 0.755. The Kier molecular flexibility index (Phi) is 3.74. The fourth-order valence-corrected chi connectivity index (χ4v) is 2.23. The minimum Gasteiger partial charge on any atom is -0.469 e. The molecule has 3 nitrogen and oxygen atoms in total. The Hall–Kier alpha value is -1.42. The van der Waals surface area contributed by atoms with Gasteiger partial charge in [0.15, 0.2) is 0 Å². The predicted molar refractivity (Wildman–Crippen MR) is 60.1 cm³/mol. The molecule has 0 N–H and O–H groups in total. The Bertz CT molecular complexity index is 388. The third-order valence-corrected chi connectivity index (χ3v) is 3.16. The maximum atomic E-state index is 12.9. The maximum absolute atomic E-state index is 12.9. The van der Waals surface area contributed by atoms with Crippen molar-refractivity contribution in [3.05, 3.63) is 35.6 Å². The van der Waals surface area contributed by atoms with Gasteiger partial charge in [-0.25, -0.2) is 4.39 Å². The topological polar surface area (TPSA) is 35.5 Å². The van der Waals surface area contributed by atoms with Crippen molar-refractivity contribution in [2.24, 2.45) is 5.92 Å². The summed E-state index contributed by atoms with van der Waals surface area (Å²) >= 11 is 0. The lowest BCUT2D eigenvalue weighted by molar-refractivity contribution is -0.150. The maximum Gasteiger partial charge on any atom is 0.311 e. The van der Waals surface area contributed by atoms with Crippen LogP contribution in [0.15, 0.2) is 24.3 Å². The smallest absolute Gasteiger partial charge is 0.311 e. The van der Waals surface area contributed by atoms with E-state index in [1.54, 1.807) is 12.1 Å². The fourth-order valence-electron chi connectivity index (χ4n) is 2.23. The molecule has 0 bridgehead atoms. The van der Waals surface area contributed by atoms with Gasteiger partial charge < -0.3 is 9.47 Å². The highest BCUT2D eigenvalue weighted by atomic mass is 19.1. The molecule has 0 spiro atoms. The predicted octanol–water partition coefficient (Wildman–Crippen LogP) is 2.12. The molecular weight excluding hydrogens is 223 g/mol. The van der Waals surface area contributed by atoms with Crippen molar-refractivity contribution >= 4 is 5.97 Å². The van der Waals surface area contributed by atoms with Gasteiger partial charge in [0.2, 0.25) is 0 Å². The molecule has 17 heavy (non-hydrogen) atoms. The monoisotopic (exact) mass is 238 g/mol. The van der Waals surface area contributed by atoms with Crippen molar-refractivity contribution in [1.82, 2.24) is 0 Å². The normalized spacial score (nSPS) is 24.4. The zero-order valence-corrected chi connectivity index (χ0v) is 9.69. The van der Waals surface area contributed by atoms with Gasteiger partial charge in [0.25, 0.3) is 0 Å². The quantitative estimate of drug-likeness (QED) is 0.740. The standard InChI is InChI=1S/C13H15FO3/c1-16-13(15)12-8-17-7-6-11(12)9-2-4-10(14)5-3-9/h2-5,11-12H,6-8H2,1H3/t11-,12+/m0/s1. The Morgan fingerprint density at radius 2 is 2.12 bits per heavy atom. The van der Waals surface area contributed by atoms with Gasteiger partial charge in [0.05, 0.1) is 19.6 Å². The van der Waals surface area contributed by atoms with E-state index >= 15 is 0 Å². The number of rotatable bonds is 2. The number of benzene rings is 1. The molecular formula is C13H15FO3. The first-order valence-corrected chi connectivity index (χ1v) is 5.63. The minimum atomic E-state index is -0.292. The van der Waals surface area contributed by atoms with E-state index < -0.39 is 0 Å². The van der Waals surface area contributed by atoms with Crippen LogP contribution in [0.3, 0.4) is 0 Å². The lowest BCUT2D eigenvalue weighted by Gasteiger charge is -2.29. The lowest BCUT2D eigenvalue weighted by Crippen LogP contribution is -2.33. The van der Waals surface area contributed by atoms with Crippen LogP contribution >= 0.6 is 0 Å². The molecule has 1 aromatic rings. The SMILES string of the molecule is COC(=O)[C@@H]1COCC[C@H]1c1ccc(F)cc1. The van der Waals surface area contributed by atoms with Crippen molar-refractivity contribution in [2.75, 3.05) is 20.3 Å². The summed E-state index contributed by atoms with van der Waals surface area (Å²) in [6.45, 7) is 0.990. The van der Waals surface area contributed by atoms with E-state index in [0.717, 1.165) is 12.0 Å². The molecule has 4 heteroatoms. The van der Waals surface area contributed by atoms with Gasteiger partial charge in [-0.2, -0.15) is 0 Å². The molecule has 0 amide bonds. The average molecular weight is 238 g/mol. The van der Waals surface area contributed by atoms with Crippen LogP contribution < -0.4 is 0 Å². The fraction of sp³-hybridized carbons (Fsp3) is 0.462. The van der Waals surface area contributed by atoms with Gasteiger partial charge in [-0.05, 0) is 24.1 Å². The lowest BCUT2D eigenvalue weighted by atomic mass is 9.83. The first kappa shape index (κ1) is 12.0. The Balaban J connectivity index is 2.21. The van der Waals surface area contributed by atoms with Crippen LogP contribution in [0.25, 0.3) is 0 Å². The van der Waals surface area contributed by atoms with E-state index in [-0.39, 0.29) is 23.6 Å². The number of hydrogen-bond donors (Lipinski definition) is 0. The van der Waals surface area contributed by atoms with E-state index in [4.69, 9.17) is 9.47 Å². The molecule has 1 aliphatic heterocycles. The van der Waals surface area contributed by atoms with E-state index in [1.165, 1.54) is 19.2 Å². The van der Waals surface area contributed by atoms with E-state index in [0.29, 0.717) is 13.2 Å². The zero-order valence-electron chi connectivity index (χ0n) is 9.69. The summed E-state index contributed by atoms with van der Waals surface area (Å²) in [7, 11) is 1.37. The van der Waals surface area contributed by atoms with Crippen LogP contribution in [0, 0.1) is 11.7 Å². The largest absolute Gasteiger partial charge is 0.469 e. The van der Waals surface area contributed by atoms with E-state index in [2.05, 4.69) is 0 Å². The summed E-state index contributed by atoms with van der Waals surface area (Å²) in [6, 6.07) is 6.28. The van der Waals surface area contributed by atoms with Gasteiger partial charge in [-0.3, -0.25) is 4.79 Å². The molecule has 0 radical (unpaired) electrons. The summed E-state index contributed by atoms with van der Waals surface area (Å²) in [5.74, 6) is -0.773. The van der Waals surface area contributed by atoms with Crippen LogP contribution in [0.5, 0.6) is 0 Å². The summed E-state index contributed by atoms with van der Waals surface area (Å²) < 4.78 is 22.9. The second kappa shape index (κ2) is 5.27. The molecule has 92 valence electrons. The number of hydrogen-bond acceptors (Lipinski definition) is 3. The molecule has 0 aliphatic carbocycles. The van der Waals surface area contributed by atoms with Gasteiger partial charge in [0, 0.05) is 12.5 Å². The summed E-state index contributed by atoms with van der Waals surface area (Å²) in [5, 5.41) is 0. The summed E-state index contributed by atoms with van der Waals surface area (Å²) in [4.78, 5) is 11.6. The molecule has 1 aromatic carbocycles. The van der Waals surface area contributed by atoms with Crippen molar-refractivity contribution in [1.29, 1.82) is 0 Å². The number of halogens is 1. The Labute approximate surface area is 99.5 Å². The van der Waals surface area contributed by atoms with Crippen molar-refractivity contribution in [3.63, 3.8) is 0 Å². The van der Waals surface area contributed by atoms with Gasteiger partial charge in [-0.15, -0.1) is 0 Å². The van der Waals surface area contributed by atoms with E-state index in [9.17, 15) is 9.18 Å². The van der Waals surface area contributed by atoms with Crippen molar-refractivity contribution in [3.8, 4) is 0 Å². The highest BCUT2D eigenvalue weighted by Gasteiger charge is 2.33. The number of carbonyl (C=O) groups excluding carboxylic acids is 1. The van der Waals surface area contributed by atoms with Crippen molar-refractivity contribution < 1.29 is 18.7 Å². The Morgan fingerprint density at radius 1 is 1.41 bits per heavy atom. The molecule has 1 heterocycles. The average Bonchev–Trinajstić information content (AvgIpc) is 2.39. The molecule has 1 saturated heterocycles. The zero-order chi connectivity index (χ0) is 12.3. The number of carbonyl (C=O) groups is 1. The second-order valence-electron chi connectivity index (χ2n) is 4.15. The molecule has 0 unspecified atom stereocenters. The molecule has 0 saturated carbocycles. The van der Waals surface area contributed by atoms with Crippen LogP contribution in [0.4, 0.5) is 4.39 Å². The first-order valence-electron chi connectivity index (χ1n) is 5.63. The van der Waals surface area contributed by atoms with Gasteiger partial charge in [0.1, 0.15) is 5.82 Å². The molecule has 2 atom stereocenters. The van der Waals surface area contributed by atoms with Crippen LogP contribution in [0.2, 0.25) is 0 Å². The number of esters is 1. The number of ether oxygens (including phenoxy) is 2. The second-order valence-corrected chi connectivity index (χ2v) is 4.15. The van der Waals surface area contributed by atoms with Crippen LogP contribution in [-0.4, -0.2) is 26.3 Å². The Morgan fingerprint density at radius 3 is 2.76 bits per heavy atom. The van der Waals surface area contributed by atoms with E-state index in [1.807, 2.05) is 0 Å². The summed E-state index contributed by atoms with van der Waals surface area (Å²) in [5.41, 5.74) is 0.963. The minimum absolute atomic E-state index is 0.0526. The van der Waals surface area contributed by atoms with Crippen molar-refractivity contribution in [2.45, 2.75) is 12.3 Å². The highest BCUT2D eigenvalue weighted by Crippen LogP contribution is 2.32. The van der Waals surface area contributed by atoms with Gasteiger partial charge >= 0.3 is 5.97 Å². The molecule has 1 fully saturated rings. The number of methoxy groups -OCH3 is 1. The highest BCUT2D eigenvalue weighted by molar-refractivity contribution is 5.73. The van der Waals surface area contributed by atoms with Crippen LogP contribution in [-0.2, 0) is 14.3 Å². The van der Waals surface area contributed by atoms with Crippen LogP contribution in [0.1, 0.15) is 17.9 Å². The third kappa shape index (κ3) is 2.64.